The molecule has 0 bridgehead atoms. The largest absolute Gasteiger partial charge is 0.325 e. The van der Waals surface area contributed by atoms with Crippen molar-refractivity contribution >= 4 is 6.08 Å². The van der Waals surface area contributed by atoms with Crippen molar-refractivity contribution in [1.82, 2.24) is 14.9 Å². The molecule has 5 heteroatoms. The van der Waals surface area contributed by atoms with Crippen LogP contribution in [-0.4, -0.2) is 35.5 Å². The minimum absolute atomic E-state index is 0.372. The third-order valence-electron chi connectivity index (χ3n) is 1.62. The van der Waals surface area contributed by atoms with Crippen LogP contribution >= 0.6 is 0 Å². The molecular weight excluding hydrogens is 182 g/mol. The lowest BCUT2D eigenvalue weighted by atomic mass is 10.3. The van der Waals surface area contributed by atoms with Gasteiger partial charge in [-0.3, -0.25) is 9.78 Å². The van der Waals surface area contributed by atoms with Crippen LogP contribution in [0.25, 0.3) is 6.08 Å². The number of hydrogen-bond acceptors (Lipinski definition) is 3. The second-order valence-corrected chi connectivity index (χ2v) is 3.19. The van der Waals surface area contributed by atoms with Crippen LogP contribution in [0.15, 0.2) is 21.9 Å². The van der Waals surface area contributed by atoms with E-state index in [-0.39, 0.29) is 5.56 Å². The van der Waals surface area contributed by atoms with E-state index >= 15 is 0 Å². The lowest BCUT2D eigenvalue weighted by Crippen LogP contribution is -2.23. The van der Waals surface area contributed by atoms with Crippen molar-refractivity contribution < 1.29 is 0 Å². The molecule has 0 aliphatic rings. The summed E-state index contributed by atoms with van der Waals surface area (Å²) in [5, 5.41) is 0. The molecule has 0 aliphatic carbocycles. The Labute approximate surface area is 81.1 Å². The Bertz CT molecular complexity index is 428. The van der Waals surface area contributed by atoms with Crippen molar-refractivity contribution in [3.63, 3.8) is 0 Å². The van der Waals surface area contributed by atoms with E-state index in [0.29, 0.717) is 5.56 Å². The highest BCUT2D eigenvalue weighted by molar-refractivity contribution is 5.46. The predicted octanol–water partition coefficient (Wildman–Crippen LogP) is -0.362. The first-order valence-corrected chi connectivity index (χ1v) is 4.23. The van der Waals surface area contributed by atoms with E-state index in [4.69, 9.17) is 0 Å². The fraction of sp³-hybridized carbons (Fsp3) is 0.333. The number of aromatic amines is 2. The van der Waals surface area contributed by atoms with Crippen molar-refractivity contribution in [1.29, 1.82) is 0 Å². The van der Waals surface area contributed by atoms with Crippen molar-refractivity contribution in [2.24, 2.45) is 0 Å². The van der Waals surface area contributed by atoms with Crippen molar-refractivity contribution in [3.8, 4) is 0 Å². The molecular formula is C9H13N3O2. The molecule has 0 saturated heterocycles. The summed E-state index contributed by atoms with van der Waals surface area (Å²) >= 11 is 0. The highest BCUT2D eigenvalue weighted by Crippen LogP contribution is 1.89. The molecule has 0 unspecified atom stereocenters. The van der Waals surface area contributed by atoms with Crippen LogP contribution in [0.4, 0.5) is 0 Å². The summed E-state index contributed by atoms with van der Waals surface area (Å²) in [6, 6.07) is 0. The van der Waals surface area contributed by atoms with Crippen LogP contribution in [0.5, 0.6) is 0 Å². The fourth-order valence-corrected chi connectivity index (χ4v) is 0.935. The maximum absolute atomic E-state index is 11.2. The van der Waals surface area contributed by atoms with Gasteiger partial charge in [0, 0.05) is 12.7 Å². The zero-order chi connectivity index (χ0) is 10.6. The van der Waals surface area contributed by atoms with E-state index in [0.717, 1.165) is 6.54 Å². The molecule has 0 saturated carbocycles. The quantitative estimate of drug-likeness (QED) is 0.692. The lowest BCUT2D eigenvalue weighted by Gasteiger charge is -2.03. The Morgan fingerprint density at radius 2 is 2.14 bits per heavy atom. The van der Waals surface area contributed by atoms with E-state index in [1.807, 2.05) is 25.1 Å². The summed E-state index contributed by atoms with van der Waals surface area (Å²) in [4.78, 5) is 28.4. The molecule has 76 valence electrons. The average molecular weight is 195 g/mol. The normalized spacial score (nSPS) is 11.4. The third kappa shape index (κ3) is 3.02. The number of rotatable bonds is 3. The zero-order valence-corrected chi connectivity index (χ0v) is 8.20. The van der Waals surface area contributed by atoms with Crippen LogP contribution in [0, 0.1) is 0 Å². The van der Waals surface area contributed by atoms with Gasteiger partial charge in [-0.15, -0.1) is 0 Å². The Morgan fingerprint density at radius 3 is 2.71 bits per heavy atom. The Hall–Kier alpha value is -1.62. The molecule has 14 heavy (non-hydrogen) atoms. The predicted molar refractivity (Wildman–Crippen MR) is 55.3 cm³/mol. The van der Waals surface area contributed by atoms with Crippen LogP contribution in [-0.2, 0) is 0 Å². The number of H-pyrrole nitrogens is 2. The van der Waals surface area contributed by atoms with Gasteiger partial charge in [0.2, 0.25) is 0 Å². The first kappa shape index (κ1) is 10.5. The number of likely N-dealkylation sites (N-methyl/N-ethyl adjacent to an activating group) is 1. The fourth-order valence-electron chi connectivity index (χ4n) is 0.935. The average Bonchev–Trinajstić information content (AvgIpc) is 2.08. The summed E-state index contributed by atoms with van der Waals surface area (Å²) in [7, 11) is 3.86. The third-order valence-corrected chi connectivity index (χ3v) is 1.62. The van der Waals surface area contributed by atoms with Crippen LogP contribution in [0.2, 0.25) is 0 Å². The number of hydrogen-bond donors (Lipinski definition) is 2. The zero-order valence-electron chi connectivity index (χ0n) is 8.20. The topological polar surface area (TPSA) is 69.0 Å². The molecule has 1 aromatic rings. The van der Waals surface area contributed by atoms with Gasteiger partial charge >= 0.3 is 5.69 Å². The molecule has 0 amide bonds. The maximum Gasteiger partial charge on any atom is 0.325 e. The van der Waals surface area contributed by atoms with Gasteiger partial charge in [0.05, 0.1) is 5.56 Å². The smallest absolute Gasteiger partial charge is 0.314 e. The van der Waals surface area contributed by atoms with E-state index < -0.39 is 5.69 Å². The number of aromatic nitrogens is 2. The Kier molecular flexibility index (Phi) is 3.41. The first-order chi connectivity index (χ1) is 6.59. The summed E-state index contributed by atoms with van der Waals surface area (Å²) in [6.45, 7) is 0.749. The molecule has 1 heterocycles. The minimum atomic E-state index is -0.486. The molecule has 2 N–H and O–H groups in total. The minimum Gasteiger partial charge on any atom is -0.314 e. The van der Waals surface area contributed by atoms with Crippen LogP contribution < -0.4 is 11.2 Å². The standard InChI is InChI=1S/C9H13N3O2/c1-12(2)5-3-4-7-6-10-9(14)11-8(7)13/h3-4,6H,5H2,1-2H3,(H2,10,11,13,14)/b4-3+. The van der Waals surface area contributed by atoms with E-state index in [1.54, 1.807) is 6.08 Å². The van der Waals surface area contributed by atoms with E-state index in [2.05, 4.69) is 9.97 Å². The second kappa shape index (κ2) is 4.57. The van der Waals surface area contributed by atoms with Crippen molar-refractivity contribution in [3.05, 3.63) is 38.7 Å². The summed E-state index contributed by atoms with van der Waals surface area (Å²) in [6.07, 6.45) is 4.92. The van der Waals surface area contributed by atoms with E-state index in [9.17, 15) is 9.59 Å². The molecule has 5 nitrogen and oxygen atoms in total. The van der Waals surface area contributed by atoms with E-state index in [1.165, 1.54) is 6.20 Å². The molecule has 0 atom stereocenters. The van der Waals surface area contributed by atoms with Crippen LogP contribution in [0.3, 0.4) is 0 Å². The van der Waals surface area contributed by atoms with Gasteiger partial charge in [-0.2, -0.15) is 0 Å². The van der Waals surface area contributed by atoms with Gasteiger partial charge in [-0.1, -0.05) is 12.2 Å². The molecule has 1 aromatic heterocycles. The maximum atomic E-state index is 11.2. The lowest BCUT2D eigenvalue weighted by molar-refractivity contribution is 0.457. The van der Waals surface area contributed by atoms with Crippen LogP contribution in [0.1, 0.15) is 5.56 Å². The molecule has 0 aromatic carbocycles. The van der Waals surface area contributed by atoms with Gasteiger partial charge in [0.15, 0.2) is 0 Å². The SMILES string of the molecule is CN(C)C/C=C/c1c[nH]c(=O)[nH]c1=O. The highest BCUT2D eigenvalue weighted by atomic mass is 16.2. The van der Waals surface area contributed by atoms with Crippen molar-refractivity contribution in [2.45, 2.75) is 0 Å². The second-order valence-electron chi connectivity index (χ2n) is 3.19. The number of nitrogens with one attached hydrogen (secondary N) is 2. The number of nitrogens with zero attached hydrogens (tertiary/aromatic N) is 1. The Balaban J connectivity index is 2.82. The summed E-state index contributed by atoms with van der Waals surface area (Å²) in [5.74, 6) is 0. The van der Waals surface area contributed by atoms with Gasteiger partial charge in [0.1, 0.15) is 0 Å². The highest BCUT2D eigenvalue weighted by Gasteiger charge is 1.94. The molecule has 1 rings (SSSR count). The first-order valence-electron chi connectivity index (χ1n) is 4.23. The molecule has 0 fully saturated rings. The van der Waals surface area contributed by atoms with Gasteiger partial charge in [-0.05, 0) is 14.1 Å². The summed E-state index contributed by atoms with van der Waals surface area (Å²) in [5.41, 5.74) is -0.407. The monoisotopic (exact) mass is 195 g/mol. The molecule has 0 aliphatic heterocycles. The van der Waals surface area contributed by atoms with Gasteiger partial charge in [-0.25, -0.2) is 4.79 Å². The van der Waals surface area contributed by atoms with Crippen molar-refractivity contribution in [2.75, 3.05) is 20.6 Å². The molecule has 0 radical (unpaired) electrons. The Morgan fingerprint density at radius 1 is 1.43 bits per heavy atom. The molecule has 0 spiro atoms. The van der Waals surface area contributed by atoms with Gasteiger partial charge < -0.3 is 9.88 Å². The summed E-state index contributed by atoms with van der Waals surface area (Å²) < 4.78 is 0. The van der Waals surface area contributed by atoms with Gasteiger partial charge in [0.25, 0.3) is 5.56 Å².